The van der Waals surface area contributed by atoms with E-state index in [1.807, 2.05) is 6.92 Å². The highest BCUT2D eigenvalue weighted by Gasteiger charge is 2.27. The number of halogens is 1. The molecule has 154 valence electrons. The average molecular weight is 392 g/mol. The van der Waals surface area contributed by atoms with Gasteiger partial charge in [0.1, 0.15) is 5.82 Å². The number of guanidine groups is 1. The van der Waals surface area contributed by atoms with E-state index in [2.05, 4.69) is 20.5 Å². The minimum absolute atomic E-state index is 0.0450. The van der Waals surface area contributed by atoms with Gasteiger partial charge in [0, 0.05) is 33.2 Å². The van der Waals surface area contributed by atoms with E-state index in [-0.39, 0.29) is 30.0 Å². The average Bonchev–Trinajstić information content (AvgIpc) is 2.68. The van der Waals surface area contributed by atoms with E-state index in [4.69, 9.17) is 4.74 Å². The molecule has 8 heteroatoms. The Balaban J connectivity index is 1.67. The summed E-state index contributed by atoms with van der Waals surface area (Å²) in [6.45, 7) is 4.65. The number of ether oxygens (including phenoxy) is 1. The molecule has 1 aliphatic heterocycles. The van der Waals surface area contributed by atoms with Gasteiger partial charge in [-0.2, -0.15) is 0 Å². The molecule has 1 aromatic carbocycles. The normalized spacial score (nSPS) is 15.2. The van der Waals surface area contributed by atoms with Gasteiger partial charge in [0.15, 0.2) is 5.96 Å². The van der Waals surface area contributed by atoms with Crippen molar-refractivity contribution in [2.45, 2.75) is 26.2 Å². The van der Waals surface area contributed by atoms with E-state index in [1.54, 1.807) is 19.2 Å². The first kappa shape index (κ1) is 21.7. The molecule has 7 nitrogen and oxygen atoms in total. The van der Waals surface area contributed by atoms with Gasteiger partial charge in [-0.05, 0) is 37.5 Å². The molecule has 0 aliphatic carbocycles. The third-order valence-electron chi connectivity index (χ3n) is 4.61. The van der Waals surface area contributed by atoms with Crippen molar-refractivity contribution in [1.82, 2.24) is 15.5 Å². The van der Waals surface area contributed by atoms with E-state index in [9.17, 15) is 14.0 Å². The Morgan fingerprint density at radius 2 is 1.96 bits per heavy atom. The second-order valence-electron chi connectivity index (χ2n) is 6.64. The number of hydrogen-bond donors (Lipinski definition) is 2. The summed E-state index contributed by atoms with van der Waals surface area (Å²) in [5.74, 6) is 0.0874. The van der Waals surface area contributed by atoms with Crippen LogP contribution in [0.1, 0.15) is 25.3 Å². The first-order valence-electron chi connectivity index (χ1n) is 9.66. The number of nitrogens with zero attached hydrogens (tertiary/aromatic N) is 2. The zero-order valence-electron chi connectivity index (χ0n) is 16.5. The number of benzene rings is 1. The Bertz CT molecular complexity index is 688. The summed E-state index contributed by atoms with van der Waals surface area (Å²) in [7, 11) is 1.71. The number of aliphatic imine (C=N–C) groups is 1. The summed E-state index contributed by atoms with van der Waals surface area (Å²) in [6.07, 6.45) is 1.63. The van der Waals surface area contributed by atoms with E-state index in [1.165, 1.54) is 12.1 Å². The van der Waals surface area contributed by atoms with Crippen molar-refractivity contribution in [2.24, 2.45) is 10.9 Å². The molecule has 0 unspecified atom stereocenters. The van der Waals surface area contributed by atoms with Gasteiger partial charge < -0.3 is 20.3 Å². The Morgan fingerprint density at radius 3 is 2.61 bits per heavy atom. The fourth-order valence-electron chi connectivity index (χ4n) is 3.19. The van der Waals surface area contributed by atoms with E-state index in [0.717, 1.165) is 31.9 Å². The van der Waals surface area contributed by atoms with Crippen LogP contribution in [0.15, 0.2) is 29.3 Å². The lowest BCUT2D eigenvalue weighted by atomic mass is 9.97. The summed E-state index contributed by atoms with van der Waals surface area (Å²) < 4.78 is 18.2. The van der Waals surface area contributed by atoms with E-state index >= 15 is 0 Å². The van der Waals surface area contributed by atoms with Gasteiger partial charge in [-0.15, -0.1) is 0 Å². The van der Waals surface area contributed by atoms with Crippen LogP contribution in [0.4, 0.5) is 4.39 Å². The largest absolute Gasteiger partial charge is 0.466 e. The highest BCUT2D eigenvalue weighted by molar-refractivity contribution is 5.81. The third-order valence-corrected chi connectivity index (χ3v) is 4.61. The molecule has 2 rings (SSSR count). The van der Waals surface area contributed by atoms with Crippen molar-refractivity contribution in [3.05, 3.63) is 35.6 Å². The van der Waals surface area contributed by atoms with Crippen LogP contribution < -0.4 is 10.6 Å². The smallest absolute Gasteiger partial charge is 0.309 e. The lowest BCUT2D eigenvalue weighted by molar-refractivity contribution is -0.149. The first-order valence-corrected chi connectivity index (χ1v) is 9.66. The highest BCUT2D eigenvalue weighted by Crippen LogP contribution is 2.18. The predicted molar refractivity (Wildman–Crippen MR) is 105 cm³/mol. The minimum Gasteiger partial charge on any atom is -0.466 e. The minimum atomic E-state index is -0.345. The molecule has 0 radical (unpaired) electrons. The maximum atomic E-state index is 13.2. The molecular formula is C20H29FN4O3. The van der Waals surface area contributed by atoms with Crippen LogP contribution in [0.2, 0.25) is 0 Å². The molecule has 2 N–H and O–H groups in total. The fourth-order valence-corrected chi connectivity index (χ4v) is 3.19. The number of rotatable bonds is 7. The number of carbonyl (C=O) groups is 2. The lowest BCUT2D eigenvalue weighted by Crippen LogP contribution is -2.48. The number of nitrogens with one attached hydrogen (secondary N) is 2. The van der Waals surface area contributed by atoms with Gasteiger partial charge in [-0.1, -0.05) is 12.1 Å². The number of amides is 1. The molecule has 0 bridgehead atoms. The standard InChI is InChI=1S/C20H29FN4O3/c1-3-28-19(27)16-7-11-25(12-8-16)20(22-2)24-10-9-23-18(26)14-15-5-4-6-17(21)13-15/h4-6,13,16H,3,7-12,14H2,1-2H3,(H,22,24)(H,23,26). The Labute approximate surface area is 165 Å². The molecule has 28 heavy (non-hydrogen) atoms. The first-order chi connectivity index (χ1) is 13.5. The van der Waals surface area contributed by atoms with Gasteiger partial charge in [0.25, 0.3) is 0 Å². The highest BCUT2D eigenvalue weighted by atomic mass is 19.1. The molecule has 0 spiro atoms. The molecular weight excluding hydrogens is 363 g/mol. The fraction of sp³-hybridized carbons (Fsp3) is 0.550. The summed E-state index contributed by atoms with van der Waals surface area (Å²) in [5, 5.41) is 6.03. The second kappa shape index (κ2) is 11.3. The van der Waals surface area contributed by atoms with Crippen LogP contribution in [0.3, 0.4) is 0 Å². The Kier molecular flexibility index (Phi) is 8.71. The molecule has 0 aromatic heterocycles. The Hall–Kier alpha value is -2.64. The van der Waals surface area contributed by atoms with E-state index in [0.29, 0.717) is 25.3 Å². The topological polar surface area (TPSA) is 83.0 Å². The molecule has 1 saturated heterocycles. The van der Waals surface area contributed by atoms with Gasteiger partial charge in [0.2, 0.25) is 5.91 Å². The molecule has 0 atom stereocenters. The maximum Gasteiger partial charge on any atom is 0.309 e. The third kappa shape index (κ3) is 6.83. The number of likely N-dealkylation sites (tertiary alicyclic amines) is 1. The van der Waals surface area contributed by atoms with Gasteiger partial charge in [-0.3, -0.25) is 14.6 Å². The summed E-state index contributed by atoms with van der Waals surface area (Å²) >= 11 is 0. The molecule has 1 aliphatic rings. The number of hydrogen-bond acceptors (Lipinski definition) is 4. The van der Waals surface area contributed by atoms with Crippen molar-refractivity contribution < 1.29 is 18.7 Å². The second-order valence-corrected chi connectivity index (χ2v) is 6.64. The molecule has 1 fully saturated rings. The summed E-state index contributed by atoms with van der Waals surface area (Å²) in [5.41, 5.74) is 0.644. The van der Waals surface area contributed by atoms with Crippen LogP contribution in [0.5, 0.6) is 0 Å². The van der Waals surface area contributed by atoms with E-state index < -0.39 is 0 Å². The Morgan fingerprint density at radius 1 is 1.25 bits per heavy atom. The van der Waals surface area contributed by atoms with Crippen molar-refractivity contribution in [3.63, 3.8) is 0 Å². The zero-order chi connectivity index (χ0) is 20.4. The molecule has 1 heterocycles. The van der Waals surface area contributed by atoms with Crippen molar-refractivity contribution in [1.29, 1.82) is 0 Å². The molecule has 1 aromatic rings. The number of esters is 1. The van der Waals surface area contributed by atoms with Crippen LogP contribution in [-0.2, 0) is 20.7 Å². The van der Waals surface area contributed by atoms with Crippen LogP contribution in [-0.4, -0.2) is 62.6 Å². The van der Waals surface area contributed by atoms with Crippen LogP contribution in [0, 0.1) is 11.7 Å². The quantitative estimate of drug-likeness (QED) is 0.317. The summed E-state index contributed by atoms with van der Waals surface area (Å²) in [4.78, 5) is 30.1. The molecule has 0 saturated carbocycles. The van der Waals surface area contributed by atoms with Crippen molar-refractivity contribution >= 4 is 17.8 Å². The predicted octanol–water partition coefficient (Wildman–Crippen LogP) is 1.33. The van der Waals surface area contributed by atoms with Crippen LogP contribution in [0.25, 0.3) is 0 Å². The maximum absolute atomic E-state index is 13.2. The van der Waals surface area contributed by atoms with Crippen molar-refractivity contribution in [3.8, 4) is 0 Å². The van der Waals surface area contributed by atoms with Gasteiger partial charge in [0.05, 0.1) is 18.9 Å². The zero-order valence-corrected chi connectivity index (χ0v) is 16.5. The number of piperidine rings is 1. The van der Waals surface area contributed by atoms with Crippen LogP contribution >= 0.6 is 0 Å². The lowest BCUT2D eigenvalue weighted by Gasteiger charge is -2.33. The van der Waals surface area contributed by atoms with Gasteiger partial charge in [-0.25, -0.2) is 4.39 Å². The molecule has 1 amide bonds. The monoisotopic (exact) mass is 392 g/mol. The summed E-state index contributed by atoms with van der Waals surface area (Å²) in [6, 6.07) is 6.03. The SMILES string of the molecule is CCOC(=O)C1CCN(C(=NC)NCCNC(=O)Cc2cccc(F)c2)CC1. The van der Waals surface area contributed by atoms with Crippen molar-refractivity contribution in [2.75, 3.05) is 39.8 Å². The number of carbonyl (C=O) groups excluding carboxylic acids is 2. The van der Waals surface area contributed by atoms with Gasteiger partial charge >= 0.3 is 5.97 Å².